The monoisotopic (exact) mass is 460 g/mol. The van der Waals surface area contributed by atoms with Crippen molar-refractivity contribution in [3.63, 3.8) is 0 Å². The fourth-order valence-corrected chi connectivity index (χ4v) is 4.28. The van der Waals surface area contributed by atoms with Crippen LogP contribution in [0.4, 0.5) is 5.69 Å². The molecule has 1 N–H and O–H groups in total. The molecule has 2 aromatic heterocycles. The molecule has 2 aromatic carbocycles. The number of ether oxygens (including phenoxy) is 2. The third-order valence-electron chi connectivity index (χ3n) is 5.90. The van der Waals surface area contributed by atoms with Gasteiger partial charge >= 0.3 is 0 Å². The number of hydrogen-bond acceptors (Lipinski definition) is 5. The van der Waals surface area contributed by atoms with Gasteiger partial charge in [-0.25, -0.2) is 4.68 Å². The van der Waals surface area contributed by atoms with Gasteiger partial charge in [-0.3, -0.25) is 14.2 Å². The highest BCUT2D eigenvalue weighted by molar-refractivity contribution is 5.96. The summed E-state index contributed by atoms with van der Waals surface area (Å²) in [5, 5.41) is 8.50. The molecule has 0 aliphatic heterocycles. The summed E-state index contributed by atoms with van der Waals surface area (Å²) in [6, 6.07) is 15.5. The molecule has 0 radical (unpaired) electrons. The van der Waals surface area contributed by atoms with Crippen LogP contribution in [-0.4, -0.2) is 34.5 Å². The first-order valence-electron chi connectivity index (χ1n) is 11.1. The number of pyridine rings is 1. The van der Waals surface area contributed by atoms with Crippen LogP contribution in [0.5, 0.6) is 11.5 Å². The maximum absolute atomic E-state index is 13.5. The van der Waals surface area contributed by atoms with Crippen LogP contribution in [0.2, 0.25) is 0 Å². The first-order chi connectivity index (χ1) is 16.4. The third kappa shape index (κ3) is 4.03. The van der Waals surface area contributed by atoms with Crippen LogP contribution in [-0.2, 0) is 4.79 Å². The van der Waals surface area contributed by atoms with Gasteiger partial charge in [-0.1, -0.05) is 25.1 Å². The van der Waals surface area contributed by atoms with E-state index in [0.29, 0.717) is 29.3 Å². The third-order valence-corrected chi connectivity index (χ3v) is 5.90. The molecule has 0 bridgehead atoms. The average molecular weight is 461 g/mol. The number of fused-ring (bicyclic) bond motifs is 1. The number of nitrogens with zero attached hydrogens (tertiary/aromatic N) is 3. The summed E-state index contributed by atoms with van der Waals surface area (Å²) in [5.41, 5.74) is 3.26. The molecular weight excluding hydrogens is 432 g/mol. The van der Waals surface area contributed by atoms with Crippen LogP contribution < -0.4 is 20.3 Å². The Hall–Kier alpha value is -4.07. The Balaban J connectivity index is 1.86. The van der Waals surface area contributed by atoms with Crippen molar-refractivity contribution in [2.75, 3.05) is 19.5 Å². The van der Waals surface area contributed by atoms with E-state index in [1.54, 1.807) is 40.6 Å². The molecule has 1 atom stereocenters. The Morgan fingerprint density at radius 1 is 1.06 bits per heavy atom. The fourth-order valence-electron chi connectivity index (χ4n) is 4.28. The van der Waals surface area contributed by atoms with Gasteiger partial charge in [0, 0.05) is 17.5 Å². The van der Waals surface area contributed by atoms with Gasteiger partial charge in [0.05, 0.1) is 31.3 Å². The Morgan fingerprint density at radius 2 is 1.79 bits per heavy atom. The van der Waals surface area contributed by atoms with Crippen molar-refractivity contribution >= 4 is 22.6 Å². The first kappa shape index (κ1) is 23.1. The van der Waals surface area contributed by atoms with E-state index in [-0.39, 0.29) is 11.5 Å². The molecule has 0 fully saturated rings. The average Bonchev–Trinajstić information content (AvgIpc) is 3.19. The summed E-state index contributed by atoms with van der Waals surface area (Å²) in [6.07, 6.45) is 0.404. The number of carbonyl (C=O) groups excluding carboxylic acids is 1. The van der Waals surface area contributed by atoms with E-state index in [1.165, 1.54) is 7.11 Å². The van der Waals surface area contributed by atoms with Crippen LogP contribution in [0.1, 0.15) is 30.6 Å². The van der Waals surface area contributed by atoms with Crippen molar-refractivity contribution in [1.29, 1.82) is 0 Å². The first-order valence-corrected chi connectivity index (χ1v) is 11.1. The highest BCUT2D eigenvalue weighted by atomic mass is 16.5. The summed E-state index contributed by atoms with van der Waals surface area (Å²) < 4.78 is 13.9. The van der Waals surface area contributed by atoms with Gasteiger partial charge in [-0.2, -0.15) is 5.10 Å². The number of carbonyl (C=O) groups is 1. The summed E-state index contributed by atoms with van der Waals surface area (Å²) in [4.78, 5) is 26.8. The highest BCUT2D eigenvalue weighted by Gasteiger charge is 2.26. The van der Waals surface area contributed by atoms with Crippen molar-refractivity contribution in [2.24, 2.45) is 0 Å². The minimum absolute atomic E-state index is 0.259. The number of hydrogen-bond donors (Lipinski definition) is 1. The number of para-hydroxylation sites is 1. The largest absolute Gasteiger partial charge is 0.497 e. The van der Waals surface area contributed by atoms with Crippen molar-refractivity contribution < 1.29 is 14.3 Å². The molecule has 176 valence electrons. The summed E-state index contributed by atoms with van der Waals surface area (Å²) in [6.45, 7) is 5.68. The molecule has 1 unspecified atom stereocenters. The molecule has 1 amide bonds. The van der Waals surface area contributed by atoms with Gasteiger partial charge in [0.15, 0.2) is 0 Å². The Morgan fingerprint density at radius 3 is 2.44 bits per heavy atom. The van der Waals surface area contributed by atoms with Crippen molar-refractivity contribution in [1.82, 2.24) is 14.3 Å². The lowest BCUT2D eigenvalue weighted by Gasteiger charge is -2.21. The van der Waals surface area contributed by atoms with Gasteiger partial charge in [0.25, 0.3) is 5.56 Å². The smallest absolute Gasteiger partial charge is 0.253 e. The van der Waals surface area contributed by atoms with Crippen LogP contribution >= 0.6 is 0 Å². The lowest BCUT2D eigenvalue weighted by molar-refractivity contribution is -0.119. The van der Waals surface area contributed by atoms with Crippen molar-refractivity contribution in [3.8, 4) is 17.2 Å². The van der Waals surface area contributed by atoms with E-state index in [0.717, 1.165) is 22.3 Å². The quantitative estimate of drug-likeness (QED) is 0.441. The van der Waals surface area contributed by atoms with E-state index in [1.807, 2.05) is 51.1 Å². The molecule has 0 saturated heterocycles. The van der Waals surface area contributed by atoms with Gasteiger partial charge < -0.3 is 14.8 Å². The molecule has 8 nitrogen and oxygen atoms in total. The summed E-state index contributed by atoms with van der Waals surface area (Å²) in [7, 11) is 3.09. The lowest BCUT2D eigenvalue weighted by atomic mass is 10.1. The molecule has 0 aliphatic rings. The van der Waals surface area contributed by atoms with Crippen LogP contribution in [0, 0.1) is 13.8 Å². The molecule has 0 aliphatic carbocycles. The zero-order valence-electron chi connectivity index (χ0n) is 20.0. The standard InChI is InChI=1S/C26H28N4O4/c1-6-21(25(32)27-20-13-12-19(33-4)15-22(20)34-5)29-23(31)14-16(2)24-17(3)28-30(26(24)29)18-10-8-7-9-11-18/h7-15,21H,6H2,1-5H3,(H,27,32). The van der Waals surface area contributed by atoms with Crippen LogP contribution in [0.25, 0.3) is 16.7 Å². The topological polar surface area (TPSA) is 87.4 Å². The van der Waals surface area contributed by atoms with E-state index in [9.17, 15) is 9.59 Å². The lowest BCUT2D eigenvalue weighted by Crippen LogP contribution is -2.34. The van der Waals surface area contributed by atoms with Gasteiger partial charge in [-0.05, 0) is 50.1 Å². The normalized spacial score (nSPS) is 11.9. The molecule has 0 spiro atoms. The molecule has 0 saturated carbocycles. The van der Waals surface area contributed by atoms with Gasteiger partial charge in [0.1, 0.15) is 23.2 Å². The minimum atomic E-state index is -0.763. The molecular formula is C26H28N4O4. The van der Waals surface area contributed by atoms with E-state index >= 15 is 0 Å². The van der Waals surface area contributed by atoms with E-state index < -0.39 is 6.04 Å². The van der Waals surface area contributed by atoms with Crippen LogP contribution in [0.3, 0.4) is 0 Å². The number of methoxy groups -OCH3 is 2. The minimum Gasteiger partial charge on any atom is -0.497 e. The second kappa shape index (κ2) is 9.43. The number of aryl methyl sites for hydroxylation is 2. The molecule has 4 aromatic rings. The van der Waals surface area contributed by atoms with Gasteiger partial charge in [-0.15, -0.1) is 0 Å². The number of anilines is 1. The SMILES string of the molecule is CCC(C(=O)Nc1ccc(OC)cc1OC)n1c(=O)cc(C)c2c(C)nn(-c3ccccc3)c21. The zero-order chi connectivity index (χ0) is 24.4. The molecule has 34 heavy (non-hydrogen) atoms. The Bertz CT molecular complexity index is 1410. The van der Waals surface area contributed by atoms with Crippen molar-refractivity contribution in [2.45, 2.75) is 33.2 Å². The second-order valence-electron chi connectivity index (χ2n) is 8.05. The van der Waals surface area contributed by atoms with Crippen LogP contribution in [0.15, 0.2) is 59.4 Å². The van der Waals surface area contributed by atoms with Gasteiger partial charge in [0.2, 0.25) is 5.91 Å². The number of amides is 1. The number of aromatic nitrogens is 3. The molecule has 2 heterocycles. The Kier molecular flexibility index (Phi) is 6.40. The zero-order valence-corrected chi connectivity index (χ0v) is 20.0. The Labute approximate surface area is 197 Å². The fraction of sp³-hybridized carbons (Fsp3) is 0.269. The molecule has 8 heteroatoms. The van der Waals surface area contributed by atoms with E-state index in [2.05, 4.69) is 5.32 Å². The highest BCUT2D eigenvalue weighted by Crippen LogP contribution is 2.31. The molecule has 4 rings (SSSR count). The number of benzene rings is 2. The van der Waals surface area contributed by atoms with Crippen molar-refractivity contribution in [3.05, 3.63) is 76.2 Å². The summed E-state index contributed by atoms with van der Waals surface area (Å²) >= 11 is 0. The maximum Gasteiger partial charge on any atom is 0.253 e. The second-order valence-corrected chi connectivity index (χ2v) is 8.05. The van der Waals surface area contributed by atoms with E-state index in [4.69, 9.17) is 14.6 Å². The maximum atomic E-state index is 13.5. The predicted molar refractivity (Wildman–Crippen MR) is 132 cm³/mol. The number of rotatable bonds is 7. The number of nitrogens with one attached hydrogen (secondary N) is 1. The predicted octanol–water partition coefficient (Wildman–Crippen LogP) is 4.41. The summed E-state index contributed by atoms with van der Waals surface area (Å²) in [5.74, 6) is 0.756.